The Kier molecular flexibility index (Phi) is 4.95. The number of halogens is 2. The number of rotatable bonds is 5. The highest BCUT2D eigenvalue weighted by Gasteiger charge is 2.14. The van der Waals surface area contributed by atoms with E-state index in [1.54, 1.807) is 0 Å². The average Bonchev–Trinajstić information content (AvgIpc) is 2.48. The Morgan fingerprint density at radius 1 is 1.18 bits per heavy atom. The molecule has 0 aromatic heterocycles. The van der Waals surface area contributed by atoms with Crippen LogP contribution in [0.25, 0.3) is 0 Å². The summed E-state index contributed by atoms with van der Waals surface area (Å²) in [5.41, 5.74) is 0.972. The molecule has 22 heavy (non-hydrogen) atoms. The van der Waals surface area contributed by atoms with Gasteiger partial charge in [0.1, 0.15) is 5.82 Å². The molecule has 2 rings (SSSR count). The van der Waals surface area contributed by atoms with Crippen molar-refractivity contribution in [3.63, 3.8) is 0 Å². The molecule has 0 unspecified atom stereocenters. The van der Waals surface area contributed by atoms with Gasteiger partial charge in [-0.3, -0.25) is 4.79 Å². The van der Waals surface area contributed by atoms with Gasteiger partial charge in [0.2, 0.25) is 10.0 Å². The molecule has 1 N–H and O–H groups in total. The first-order valence-corrected chi connectivity index (χ1v) is 8.20. The summed E-state index contributed by atoms with van der Waals surface area (Å²) in [5, 5.41) is -0.0671. The van der Waals surface area contributed by atoms with Crippen molar-refractivity contribution < 1.29 is 17.6 Å². The summed E-state index contributed by atoms with van der Waals surface area (Å²) in [6.07, 6.45) is 0. The number of hydrogen-bond acceptors (Lipinski definition) is 3. The van der Waals surface area contributed by atoms with Crippen LogP contribution in [0.1, 0.15) is 22.8 Å². The molecule has 0 amide bonds. The Hall–Kier alpha value is -1.76. The second-order valence-electron chi connectivity index (χ2n) is 4.65. The number of carbonyl (C=O) groups excluding carboxylic acids is 1. The Bertz CT molecular complexity index is 804. The van der Waals surface area contributed by atoms with Crippen molar-refractivity contribution >= 4 is 27.4 Å². The lowest BCUT2D eigenvalue weighted by Gasteiger charge is -2.08. The van der Waals surface area contributed by atoms with E-state index in [4.69, 9.17) is 11.6 Å². The van der Waals surface area contributed by atoms with Gasteiger partial charge < -0.3 is 0 Å². The lowest BCUT2D eigenvalue weighted by Crippen LogP contribution is -2.23. The highest BCUT2D eigenvalue weighted by Crippen LogP contribution is 2.17. The molecule has 4 nitrogen and oxygen atoms in total. The molecular weight excluding hydrogens is 329 g/mol. The molecule has 0 fully saturated rings. The number of nitrogens with one attached hydrogen (secondary N) is 1. The summed E-state index contributed by atoms with van der Waals surface area (Å²) in [6.45, 7) is 1.39. The van der Waals surface area contributed by atoms with Gasteiger partial charge >= 0.3 is 0 Å². The fourth-order valence-electron chi connectivity index (χ4n) is 1.78. The topological polar surface area (TPSA) is 63.2 Å². The minimum Gasteiger partial charge on any atom is -0.295 e. The van der Waals surface area contributed by atoms with Crippen LogP contribution in [0.5, 0.6) is 0 Å². The quantitative estimate of drug-likeness (QED) is 0.850. The molecule has 0 aliphatic carbocycles. The Labute approximate surface area is 133 Å². The summed E-state index contributed by atoms with van der Waals surface area (Å²) >= 11 is 5.64. The minimum atomic E-state index is -3.72. The summed E-state index contributed by atoms with van der Waals surface area (Å²) < 4.78 is 39.7. The third kappa shape index (κ3) is 3.91. The molecule has 116 valence electrons. The van der Waals surface area contributed by atoms with E-state index in [-0.39, 0.29) is 22.2 Å². The first-order chi connectivity index (χ1) is 10.3. The van der Waals surface area contributed by atoms with Gasteiger partial charge in [-0.25, -0.2) is 17.5 Å². The van der Waals surface area contributed by atoms with Gasteiger partial charge in [0, 0.05) is 12.1 Å². The predicted octanol–water partition coefficient (Wildman–Crippen LogP) is 3.16. The van der Waals surface area contributed by atoms with E-state index in [1.165, 1.54) is 49.4 Å². The molecule has 7 heteroatoms. The third-order valence-electron chi connectivity index (χ3n) is 3.02. The van der Waals surface area contributed by atoms with Gasteiger partial charge in [-0.1, -0.05) is 29.8 Å². The Balaban J connectivity index is 2.13. The number of benzene rings is 2. The molecule has 0 spiro atoms. The van der Waals surface area contributed by atoms with Crippen LogP contribution in [-0.4, -0.2) is 14.2 Å². The maximum atomic E-state index is 13.0. The van der Waals surface area contributed by atoms with Gasteiger partial charge in [-0.05, 0) is 36.8 Å². The van der Waals surface area contributed by atoms with E-state index in [1.807, 2.05) is 0 Å². The lowest BCUT2D eigenvalue weighted by molar-refractivity contribution is 0.101. The Morgan fingerprint density at radius 3 is 2.36 bits per heavy atom. The molecule has 0 atom stereocenters. The molecule has 0 aliphatic rings. The van der Waals surface area contributed by atoms with E-state index in [0.29, 0.717) is 11.1 Å². The van der Waals surface area contributed by atoms with Crippen LogP contribution in [0.15, 0.2) is 47.4 Å². The highest BCUT2D eigenvalue weighted by atomic mass is 35.5. The van der Waals surface area contributed by atoms with Crippen LogP contribution in [0.4, 0.5) is 4.39 Å². The van der Waals surface area contributed by atoms with E-state index in [0.717, 1.165) is 0 Å². The van der Waals surface area contributed by atoms with Gasteiger partial charge in [0.25, 0.3) is 0 Å². The predicted molar refractivity (Wildman–Crippen MR) is 81.9 cm³/mol. The highest BCUT2D eigenvalue weighted by molar-refractivity contribution is 7.89. The van der Waals surface area contributed by atoms with Crippen LogP contribution in [0, 0.1) is 5.82 Å². The van der Waals surface area contributed by atoms with Crippen molar-refractivity contribution in [3.8, 4) is 0 Å². The summed E-state index contributed by atoms with van der Waals surface area (Å²) in [7, 11) is -3.72. The molecule has 0 heterocycles. The normalized spacial score (nSPS) is 11.4. The number of ketones is 1. The zero-order valence-corrected chi connectivity index (χ0v) is 13.2. The first kappa shape index (κ1) is 16.6. The molecule has 0 bridgehead atoms. The Morgan fingerprint density at radius 2 is 1.82 bits per heavy atom. The first-order valence-electron chi connectivity index (χ1n) is 6.34. The second kappa shape index (κ2) is 6.56. The van der Waals surface area contributed by atoms with Gasteiger partial charge in [-0.15, -0.1) is 0 Å². The fraction of sp³-hybridized carbons (Fsp3) is 0.133. The molecule has 0 saturated carbocycles. The second-order valence-corrected chi connectivity index (χ2v) is 6.83. The zero-order valence-electron chi connectivity index (χ0n) is 11.6. The molecule has 2 aromatic rings. The van der Waals surface area contributed by atoms with E-state index in [9.17, 15) is 17.6 Å². The minimum absolute atomic E-state index is 0.0171. The molecule has 0 saturated heterocycles. The number of sulfonamides is 1. The maximum Gasteiger partial charge on any atom is 0.240 e. The third-order valence-corrected chi connectivity index (χ3v) is 4.73. The number of carbonyl (C=O) groups is 1. The van der Waals surface area contributed by atoms with Gasteiger partial charge in [-0.2, -0.15) is 0 Å². The molecule has 0 radical (unpaired) electrons. The summed E-state index contributed by atoms with van der Waals surface area (Å²) in [4.78, 5) is 11.2. The van der Waals surface area contributed by atoms with Gasteiger partial charge in [0.15, 0.2) is 5.78 Å². The molecule has 2 aromatic carbocycles. The smallest absolute Gasteiger partial charge is 0.240 e. The van der Waals surface area contributed by atoms with Crippen molar-refractivity contribution in [3.05, 3.63) is 64.4 Å². The van der Waals surface area contributed by atoms with E-state index >= 15 is 0 Å². The monoisotopic (exact) mass is 341 g/mol. The van der Waals surface area contributed by atoms with Crippen LogP contribution < -0.4 is 4.72 Å². The van der Waals surface area contributed by atoms with Crippen molar-refractivity contribution in [2.45, 2.75) is 18.4 Å². The fourth-order valence-corrected chi connectivity index (χ4v) is 3.00. The van der Waals surface area contributed by atoms with Crippen molar-refractivity contribution in [1.29, 1.82) is 0 Å². The van der Waals surface area contributed by atoms with E-state index in [2.05, 4.69) is 4.72 Å². The molecule has 0 aliphatic heterocycles. The van der Waals surface area contributed by atoms with Crippen LogP contribution in [0.3, 0.4) is 0 Å². The lowest BCUT2D eigenvalue weighted by atomic mass is 10.2. The van der Waals surface area contributed by atoms with Crippen molar-refractivity contribution in [2.75, 3.05) is 0 Å². The summed E-state index contributed by atoms with van der Waals surface area (Å²) in [5.74, 6) is -0.703. The van der Waals surface area contributed by atoms with Gasteiger partial charge in [0.05, 0.1) is 9.92 Å². The largest absolute Gasteiger partial charge is 0.295 e. The number of Topliss-reactive ketones (excluding diaryl/α,β-unsaturated/α-hetero) is 1. The standard InChI is InChI=1S/C15H13ClFNO3S/c1-10(19)12-3-5-13(6-4-12)22(20,21)18-9-11-2-7-15(17)14(16)8-11/h2-8,18H,9H2,1H3. The van der Waals surface area contributed by atoms with E-state index < -0.39 is 15.8 Å². The van der Waals surface area contributed by atoms with Crippen LogP contribution in [-0.2, 0) is 16.6 Å². The van der Waals surface area contributed by atoms with Crippen LogP contribution >= 0.6 is 11.6 Å². The zero-order chi connectivity index (χ0) is 16.3. The van der Waals surface area contributed by atoms with Crippen molar-refractivity contribution in [1.82, 2.24) is 4.72 Å². The number of hydrogen-bond donors (Lipinski definition) is 1. The SMILES string of the molecule is CC(=O)c1ccc(S(=O)(=O)NCc2ccc(F)c(Cl)c2)cc1. The maximum absolute atomic E-state index is 13.0. The van der Waals surface area contributed by atoms with Crippen LogP contribution in [0.2, 0.25) is 5.02 Å². The average molecular weight is 342 g/mol. The summed E-state index contributed by atoms with van der Waals surface area (Å²) in [6, 6.07) is 9.60. The van der Waals surface area contributed by atoms with Crippen molar-refractivity contribution in [2.24, 2.45) is 0 Å². The molecular formula is C15H13ClFNO3S.